The SMILES string of the molecule is [CH]C(=O)c1ccccc1Cl. The molecule has 1 rings (SSSR count). The Kier molecular flexibility index (Phi) is 2.07. The van der Waals surface area contributed by atoms with Gasteiger partial charge in [0.05, 0.1) is 5.02 Å². The summed E-state index contributed by atoms with van der Waals surface area (Å²) in [7, 11) is 0. The zero-order valence-electron chi connectivity index (χ0n) is 5.17. The molecule has 1 aromatic carbocycles. The van der Waals surface area contributed by atoms with E-state index in [0.29, 0.717) is 10.6 Å². The minimum atomic E-state index is -0.495. The Hall–Kier alpha value is -0.820. The van der Waals surface area contributed by atoms with Crippen molar-refractivity contribution in [3.05, 3.63) is 41.8 Å². The van der Waals surface area contributed by atoms with Gasteiger partial charge in [0.1, 0.15) is 0 Å². The molecule has 0 saturated carbocycles. The van der Waals surface area contributed by atoms with Crippen LogP contribution in [-0.2, 0) is 0 Å². The minimum Gasteiger partial charge on any atom is -0.294 e. The number of ketones is 1. The molecule has 0 saturated heterocycles. The summed E-state index contributed by atoms with van der Waals surface area (Å²) in [5, 5.41) is 0.398. The third kappa shape index (κ3) is 1.36. The second kappa shape index (κ2) is 2.84. The van der Waals surface area contributed by atoms with Gasteiger partial charge in [-0.25, -0.2) is 0 Å². The second-order valence-corrected chi connectivity index (χ2v) is 2.25. The highest BCUT2D eigenvalue weighted by atomic mass is 35.5. The van der Waals surface area contributed by atoms with Gasteiger partial charge in [-0.05, 0) is 12.1 Å². The lowest BCUT2D eigenvalue weighted by atomic mass is 10.1. The van der Waals surface area contributed by atoms with E-state index in [-0.39, 0.29) is 0 Å². The fourth-order valence-corrected chi connectivity index (χ4v) is 0.890. The van der Waals surface area contributed by atoms with Crippen molar-refractivity contribution < 1.29 is 4.79 Å². The summed E-state index contributed by atoms with van der Waals surface area (Å²) in [4.78, 5) is 10.6. The largest absolute Gasteiger partial charge is 0.294 e. The molecule has 0 fully saturated rings. The van der Waals surface area contributed by atoms with Crippen LogP contribution in [0.15, 0.2) is 24.3 Å². The van der Waals surface area contributed by atoms with Crippen LogP contribution in [0, 0.1) is 6.92 Å². The van der Waals surface area contributed by atoms with Crippen molar-refractivity contribution in [3.63, 3.8) is 0 Å². The molecule has 0 aromatic heterocycles. The van der Waals surface area contributed by atoms with Crippen LogP contribution in [0.25, 0.3) is 0 Å². The first-order valence-corrected chi connectivity index (χ1v) is 3.14. The smallest absolute Gasteiger partial charge is 0.168 e. The number of rotatable bonds is 1. The number of carbonyl (C=O) groups is 1. The predicted octanol–water partition coefficient (Wildman–Crippen LogP) is 2.23. The van der Waals surface area contributed by atoms with E-state index in [1.165, 1.54) is 0 Å². The van der Waals surface area contributed by atoms with Crippen molar-refractivity contribution in [2.75, 3.05) is 0 Å². The molecule has 50 valence electrons. The first-order chi connectivity index (χ1) is 4.72. The summed E-state index contributed by atoms with van der Waals surface area (Å²) >= 11 is 5.62. The molecule has 2 heteroatoms. The summed E-state index contributed by atoms with van der Waals surface area (Å²) in [6.45, 7) is 4.99. The molecule has 0 amide bonds. The van der Waals surface area contributed by atoms with E-state index in [9.17, 15) is 4.79 Å². The maximum absolute atomic E-state index is 10.6. The fourth-order valence-electron chi connectivity index (χ4n) is 0.661. The monoisotopic (exact) mass is 152 g/mol. The van der Waals surface area contributed by atoms with Crippen LogP contribution in [0.2, 0.25) is 5.02 Å². The van der Waals surface area contributed by atoms with E-state index in [1.807, 2.05) is 0 Å². The van der Waals surface area contributed by atoms with Crippen molar-refractivity contribution in [1.29, 1.82) is 0 Å². The van der Waals surface area contributed by atoms with Gasteiger partial charge in [-0.2, -0.15) is 0 Å². The first kappa shape index (κ1) is 7.29. The van der Waals surface area contributed by atoms with Crippen molar-refractivity contribution in [3.8, 4) is 0 Å². The van der Waals surface area contributed by atoms with Gasteiger partial charge >= 0.3 is 0 Å². The Bertz CT molecular complexity index is 255. The van der Waals surface area contributed by atoms with Crippen LogP contribution >= 0.6 is 11.6 Å². The number of hydrogen-bond acceptors (Lipinski definition) is 1. The van der Waals surface area contributed by atoms with E-state index in [0.717, 1.165) is 0 Å². The topological polar surface area (TPSA) is 17.1 Å². The van der Waals surface area contributed by atoms with E-state index >= 15 is 0 Å². The molecule has 0 spiro atoms. The van der Waals surface area contributed by atoms with Gasteiger partial charge in [-0.1, -0.05) is 23.7 Å². The molecule has 0 aliphatic carbocycles. The van der Waals surface area contributed by atoms with Gasteiger partial charge < -0.3 is 0 Å². The van der Waals surface area contributed by atoms with E-state index in [2.05, 4.69) is 0 Å². The van der Waals surface area contributed by atoms with Gasteiger partial charge in [0.2, 0.25) is 0 Å². The third-order valence-electron chi connectivity index (χ3n) is 1.14. The quantitative estimate of drug-likeness (QED) is 0.564. The Balaban J connectivity index is 3.15. The first-order valence-electron chi connectivity index (χ1n) is 2.76. The maximum atomic E-state index is 10.6. The van der Waals surface area contributed by atoms with Gasteiger partial charge in [-0.15, -0.1) is 0 Å². The number of halogens is 1. The van der Waals surface area contributed by atoms with Gasteiger partial charge in [-0.3, -0.25) is 4.79 Å². The Labute approximate surface area is 64.6 Å². The standard InChI is InChI=1S/C8H5ClO/c1-6(10)7-4-2-3-5-8(7)9/h1-5H. The fraction of sp³-hybridized carbons (Fsp3) is 0. The minimum absolute atomic E-state index is 0.365. The Morgan fingerprint density at radius 3 is 2.40 bits per heavy atom. The molecule has 0 atom stereocenters. The molecule has 0 N–H and O–H groups in total. The van der Waals surface area contributed by atoms with Crippen molar-refractivity contribution in [2.45, 2.75) is 0 Å². The van der Waals surface area contributed by atoms with Crippen molar-refractivity contribution in [1.82, 2.24) is 0 Å². The zero-order chi connectivity index (χ0) is 7.56. The van der Waals surface area contributed by atoms with Crippen LogP contribution in [0.3, 0.4) is 0 Å². The lowest BCUT2D eigenvalue weighted by Crippen LogP contribution is -1.91. The maximum Gasteiger partial charge on any atom is 0.168 e. The van der Waals surface area contributed by atoms with Crippen LogP contribution in [0.1, 0.15) is 10.4 Å². The Morgan fingerprint density at radius 1 is 1.40 bits per heavy atom. The highest BCUT2D eigenvalue weighted by molar-refractivity contribution is 6.34. The van der Waals surface area contributed by atoms with Crippen molar-refractivity contribution >= 4 is 17.4 Å². The van der Waals surface area contributed by atoms with Crippen molar-refractivity contribution in [2.24, 2.45) is 0 Å². The van der Waals surface area contributed by atoms with Crippen LogP contribution < -0.4 is 0 Å². The molecule has 2 radical (unpaired) electrons. The molecule has 0 unspecified atom stereocenters. The third-order valence-corrected chi connectivity index (χ3v) is 1.47. The van der Waals surface area contributed by atoms with Gasteiger partial charge in [0, 0.05) is 12.5 Å². The normalized spacial score (nSPS) is 9.40. The molecule has 1 aromatic rings. The Morgan fingerprint density at radius 2 is 2.00 bits per heavy atom. The zero-order valence-corrected chi connectivity index (χ0v) is 5.93. The number of carbonyl (C=O) groups excluding carboxylic acids is 1. The summed E-state index contributed by atoms with van der Waals surface area (Å²) in [5.74, 6) is -0.495. The van der Waals surface area contributed by atoms with Crippen LogP contribution in [-0.4, -0.2) is 5.78 Å². The molecular weight excluding hydrogens is 148 g/mol. The molecule has 10 heavy (non-hydrogen) atoms. The lowest BCUT2D eigenvalue weighted by molar-refractivity contribution is 0.104. The molecule has 1 nitrogen and oxygen atoms in total. The summed E-state index contributed by atoms with van der Waals surface area (Å²) < 4.78 is 0. The molecule has 0 aliphatic rings. The average molecular weight is 153 g/mol. The average Bonchev–Trinajstić information content (AvgIpc) is 1.88. The lowest BCUT2D eigenvalue weighted by Gasteiger charge is -1.95. The van der Waals surface area contributed by atoms with E-state index < -0.39 is 5.78 Å². The summed E-state index contributed by atoms with van der Waals surface area (Å²) in [6, 6.07) is 6.67. The highest BCUT2D eigenvalue weighted by Crippen LogP contribution is 2.14. The number of Topliss-reactive ketones (excluding diaryl/α,β-unsaturated/α-hetero) is 1. The molecular formula is C8H5ClO. The van der Waals surface area contributed by atoms with Crippen LogP contribution in [0.5, 0.6) is 0 Å². The van der Waals surface area contributed by atoms with Gasteiger partial charge in [0.15, 0.2) is 5.78 Å². The number of hydrogen-bond donors (Lipinski definition) is 0. The predicted molar refractivity (Wildman–Crippen MR) is 40.1 cm³/mol. The van der Waals surface area contributed by atoms with Crippen LogP contribution in [0.4, 0.5) is 0 Å². The summed E-state index contributed by atoms with van der Waals surface area (Å²) in [5.41, 5.74) is 0.365. The second-order valence-electron chi connectivity index (χ2n) is 1.84. The highest BCUT2D eigenvalue weighted by Gasteiger charge is 2.01. The number of benzene rings is 1. The molecule has 0 aliphatic heterocycles. The molecule has 0 bridgehead atoms. The van der Waals surface area contributed by atoms with E-state index in [1.54, 1.807) is 24.3 Å². The van der Waals surface area contributed by atoms with E-state index in [4.69, 9.17) is 18.5 Å². The molecule has 0 heterocycles. The van der Waals surface area contributed by atoms with Gasteiger partial charge in [0.25, 0.3) is 0 Å². The summed E-state index contributed by atoms with van der Waals surface area (Å²) in [6.07, 6.45) is 0.